The molecule has 0 spiro atoms. The molecule has 0 radical (unpaired) electrons. The molecule has 1 atom stereocenters. The quantitative estimate of drug-likeness (QED) is 0.566. The lowest BCUT2D eigenvalue weighted by atomic mass is 9.83. The number of fused-ring (bicyclic) bond motifs is 2. The number of aryl methyl sites for hydroxylation is 1. The number of benzene rings is 2. The summed E-state index contributed by atoms with van der Waals surface area (Å²) in [6, 6.07) is 14.2. The lowest BCUT2D eigenvalue weighted by Gasteiger charge is -2.25. The summed E-state index contributed by atoms with van der Waals surface area (Å²) in [6.45, 7) is 0. The minimum Gasteiger partial charge on any atom is -0.440 e. The molecule has 7 nitrogen and oxygen atoms in total. The first-order valence-electron chi connectivity index (χ1n) is 7.91. The summed E-state index contributed by atoms with van der Waals surface area (Å²) in [6.07, 6.45) is 1.92. The normalized spacial score (nSPS) is 16.1. The van der Waals surface area contributed by atoms with Crippen molar-refractivity contribution in [3.63, 3.8) is 0 Å². The van der Waals surface area contributed by atoms with E-state index in [4.69, 9.17) is 10.5 Å². The Hall–Kier alpha value is -3.79. The maximum Gasteiger partial charge on any atom is 0.270 e. The van der Waals surface area contributed by atoms with Crippen LogP contribution >= 0.6 is 0 Å². The van der Waals surface area contributed by atoms with Gasteiger partial charge in [0.1, 0.15) is 17.4 Å². The number of aromatic nitrogens is 1. The number of nitro groups is 1. The predicted molar refractivity (Wildman–Crippen MR) is 95.3 cm³/mol. The van der Waals surface area contributed by atoms with Crippen molar-refractivity contribution in [1.82, 2.24) is 4.57 Å². The topological polar surface area (TPSA) is 107 Å². The number of non-ortho nitro benzene ring substituents is 1. The van der Waals surface area contributed by atoms with Gasteiger partial charge in [-0.3, -0.25) is 10.1 Å². The summed E-state index contributed by atoms with van der Waals surface area (Å²) < 4.78 is 7.51. The lowest BCUT2D eigenvalue weighted by Crippen LogP contribution is -2.21. The molecule has 0 aliphatic carbocycles. The summed E-state index contributed by atoms with van der Waals surface area (Å²) >= 11 is 0. The Morgan fingerprint density at radius 2 is 2.04 bits per heavy atom. The highest BCUT2D eigenvalue weighted by Gasteiger charge is 2.33. The fraction of sp³-hybridized carbons (Fsp3) is 0.105. The molecular formula is C19H14N4O3. The number of allylic oxidation sites excluding steroid dienone is 1. The van der Waals surface area contributed by atoms with Gasteiger partial charge < -0.3 is 15.0 Å². The van der Waals surface area contributed by atoms with Crippen LogP contribution in [0.5, 0.6) is 5.75 Å². The van der Waals surface area contributed by atoms with Crippen molar-refractivity contribution in [2.24, 2.45) is 12.8 Å². The molecule has 1 aliphatic rings. The van der Waals surface area contributed by atoms with Crippen LogP contribution in [0.3, 0.4) is 0 Å². The van der Waals surface area contributed by atoms with Crippen LogP contribution in [0.2, 0.25) is 0 Å². The molecule has 1 aromatic heterocycles. The molecule has 2 heterocycles. The Kier molecular flexibility index (Phi) is 3.41. The number of nitrogens with zero attached hydrogens (tertiary/aromatic N) is 3. The van der Waals surface area contributed by atoms with Crippen molar-refractivity contribution in [3.8, 4) is 11.8 Å². The van der Waals surface area contributed by atoms with Crippen LogP contribution < -0.4 is 10.5 Å². The van der Waals surface area contributed by atoms with Gasteiger partial charge in [-0.05, 0) is 17.7 Å². The predicted octanol–water partition coefficient (Wildman–Crippen LogP) is 3.30. The molecule has 0 fully saturated rings. The zero-order valence-electron chi connectivity index (χ0n) is 13.8. The molecule has 0 amide bonds. The Morgan fingerprint density at radius 3 is 2.77 bits per heavy atom. The molecule has 0 saturated heterocycles. The number of nitro benzene ring substituents is 1. The molecule has 4 rings (SSSR count). The molecular weight excluding hydrogens is 332 g/mol. The minimum atomic E-state index is -0.533. The molecule has 1 unspecified atom stereocenters. The Balaban J connectivity index is 2.04. The molecule has 1 aliphatic heterocycles. The molecule has 0 bridgehead atoms. The van der Waals surface area contributed by atoms with E-state index < -0.39 is 10.8 Å². The van der Waals surface area contributed by atoms with Crippen LogP contribution in [-0.2, 0) is 7.05 Å². The van der Waals surface area contributed by atoms with E-state index in [1.165, 1.54) is 18.2 Å². The number of hydrogen-bond donors (Lipinski definition) is 1. The number of ether oxygens (including phenoxy) is 1. The second-order valence-corrected chi connectivity index (χ2v) is 6.12. The summed E-state index contributed by atoms with van der Waals surface area (Å²) in [4.78, 5) is 10.8. The van der Waals surface area contributed by atoms with Gasteiger partial charge in [0.05, 0.1) is 10.8 Å². The number of hydrogen-bond acceptors (Lipinski definition) is 5. The van der Waals surface area contributed by atoms with Gasteiger partial charge in [0.15, 0.2) is 0 Å². The van der Waals surface area contributed by atoms with E-state index in [2.05, 4.69) is 6.07 Å². The Bertz CT molecular complexity index is 1140. The van der Waals surface area contributed by atoms with Gasteiger partial charge in [0.2, 0.25) is 5.88 Å². The highest BCUT2D eigenvalue weighted by Crippen LogP contribution is 2.45. The number of nitrogens with two attached hydrogens (primary N) is 1. The van der Waals surface area contributed by atoms with Crippen LogP contribution in [0.15, 0.2) is 60.1 Å². The number of para-hydroxylation sites is 1. The maximum absolute atomic E-state index is 11.2. The van der Waals surface area contributed by atoms with E-state index in [1.807, 2.05) is 42.1 Å². The third-order valence-corrected chi connectivity index (χ3v) is 4.65. The van der Waals surface area contributed by atoms with E-state index in [-0.39, 0.29) is 17.1 Å². The summed E-state index contributed by atoms with van der Waals surface area (Å²) in [5.41, 5.74) is 8.57. The average molecular weight is 346 g/mol. The van der Waals surface area contributed by atoms with Crippen molar-refractivity contribution < 1.29 is 9.66 Å². The molecule has 26 heavy (non-hydrogen) atoms. The van der Waals surface area contributed by atoms with Crippen LogP contribution in [0.25, 0.3) is 10.9 Å². The van der Waals surface area contributed by atoms with Gasteiger partial charge in [0, 0.05) is 41.8 Å². The monoisotopic (exact) mass is 346 g/mol. The van der Waals surface area contributed by atoms with Crippen LogP contribution in [0.4, 0.5) is 5.69 Å². The first-order valence-corrected chi connectivity index (χ1v) is 7.91. The summed E-state index contributed by atoms with van der Waals surface area (Å²) in [5.74, 6) is -0.0911. The largest absolute Gasteiger partial charge is 0.440 e. The third-order valence-electron chi connectivity index (χ3n) is 4.65. The highest BCUT2D eigenvalue weighted by molar-refractivity contribution is 5.86. The van der Waals surface area contributed by atoms with Crippen LogP contribution in [0.1, 0.15) is 17.0 Å². The number of nitriles is 1. The van der Waals surface area contributed by atoms with Gasteiger partial charge in [-0.15, -0.1) is 0 Å². The third kappa shape index (κ3) is 2.20. The molecule has 2 N–H and O–H groups in total. The molecule has 2 aromatic carbocycles. The van der Waals surface area contributed by atoms with E-state index >= 15 is 0 Å². The first kappa shape index (κ1) is 15.7. The second kappa shape index (κ2) is 5.63. The van der Waals surface area contributed by atoms with Crippen LogP contribution in [0, 0.1) is 21.4 Å². The summed E-state index contributed by atoms with van der Waals surface area (Å²) in [5, 5.41) is 21.8. The zero-order chi connectivity index (χ0) is 18.4. The van der Waals surface area contributed by atoms with E-state index in [9.17, 15) is 15.4 Å². The smallest absolute Gasteiger partial charge is 0.270 e. The standard InChI is InChI=1S/C19H14N4O3/c1-22-10-15(12-4-2-3-5-16(12)22)18-13-8-11(23(24)25)6-7-17(13)26-19(21)14(18)9-20/h2-8,10,18H,21H2,1H3. The Labute approximate surface area is 148 Å². The van der Waals surface area contributed by atoms with Gasteiger partial charge in [-0.25, -0.2) is 0 Å². The van der Waals surface area contributed by atoms with Crippen molar-refractivity contribution in [1.29, 1.82) is 5.26 Å². The first-order chi connectivity index (χ1) is 12.5. The van der Waals surface area contributed by atoms with Crippen LogP contribution in [-0.4, -0.2) is 9.49 Å². The fourth-order valence-corrected chi connectivity index (χ4v) is 3.48. The van der Waals surface area contributed by atoms with Crippen molar-refractivity contribution in [2.75, 3.05) is 0 Å². The number of rotatable bonds is 2. The lowest BCUT2D eigenvalue weighted by molar-refractivity contribution is -0.384. The van der Waals surface area contributed by atoms with Gasteiger partial charge in [0.25, 0.3) is 5.69 Å². The maximum atomic E-state index is 11.2. The van der Waals surface area contributed by atoms with E-state index in [0.29, 0.717) is 11.3 Å². The van der Waals surface area contributed by atoms with E-state index in [0.717, 1.165) is 16.5 Å². The molecule has 128 valence electrons. The van der Waals surface area contributed by atoms with E-state index in [1.54, 1.807) is 0 Å². The highest BCUT2D eigenvalue weighted by atomic mass is 16.6. The van der Waals surface area contributed by atoms with Gasteiger partial charge in [-0.2, -0.15) is 5.26 Å². The molecule has 7 heteroatoms. The average Bonchev–Trinajstić information content (AvgIpc) is 2.97. The van der Waals surface area contributed by atoms with Crippen molar-refractivity contribution in [3.05, 3.63) is 81.4 Å². The molecule has 0 saturated carbocycles. The zero-order valence-corrected chi connectivity index (χ0v) is 13.8. The SMILES string of the molecule is Cn1cc(C2C(C#N)=C(N)Oc3ccc([N+](=O)[O-])cc32)c2ccccc21. The minimum absolute atomic E-state index is 0.0202. The van der Waals surface area contributed by atoms with Crippen molar-refractivity contribution in [2.45, 2.75) is 5.92 Å². The summed E-state index contributed by atoms with van der Waals surface area (Å²) in [7, 11) is 1.92. The van der Waals surface area contributed by atoms with Gasteiger partial charge in [-0.1, -0.05) is 18.2 Å². The van der Waals surface area contributed by atoms with Crippen molar-refractivity contribution >= 4 is 16.6 Å². The molecule has 3 aromatic rings. The Morgan fingerprint density at radius 1 is 1.27 bits per heavy atom. The second-order valence-electron chi connectivity index (χ2n) is 6.12. The van der Waals surface area contributed by atoms with Gasteiger partial charge >= 0.3 is 0 Å². The fourth-order valence-electron chi connectivity index (χ4n) is 3.48.